The molecule has 27 heavy (non-hydrogen) atoms. The molecule has 1 amide bonds. The van der Waals surface area contributed by atoms with Crippen molar-refractivity contribution in [3.8, 4) is 5.75 Å². The normalized spacial score (nSPS) is 10.9. The molecule has 0 aliphatic carbocycles. The third-order valence-corrected chi connectivity index (χ3v) is 4.88. The summed E-state index contributed by atoms with van der Waals surface area (Å²) in [5, 5.41) is 4.50. The Morgan fingerprint density at radius 2 is 2.04 bits per heavy atom. The van der Waals surface area contributed by atoms with Crippen LogP contribution in [0.1, 0.15) is 33.3 Å². The monoisotopic (exact) mass is 381 g/mol. The minimum Gasteiger partial charge on any atom is -0.488 e. The predicted molar refractivity (Wildman–Crippen MR) is 109 cm³/mol. The van der Waals surface area contributed by atoms with Crippen molar-refractivity contribution in [2.24, 2.45) is 0 Å². The lowest BCUT2D eigenvalue weighted by Crippen LogP contribution is -2.11. The average Bonchev–Trinajstić information content (AvgIpc) is 3.13. The maximum Gasteiger partial charge on any atom is 0.265 e. The van der Waals surface area contributed by atoms with Gasteiger partial charge in [-0.3, -0.25) is 4.79 Å². The maximum atomic E-state index is 13.8. The second-order valence-corrected chi connectivity index (χ2v) is 6.99. The third kappa shape index (κ3) is 4.83. The molecule has 3 nitrogen and oxygen atoms in total. The maximum absolute atomic E-state index is 13.8. The van der Waals surface area contributed by atoms with Crippen LogP contribution in [-0.2, 0) is 6.61 Å². The van der Waals surface area contributed by atoms with Crippen LogP contribution in [0, 0.1) is 12.7 Å². The topological polar surface area (TPSA) is 38.3 Å². The smallest absolute Gasteiger partial charge is 0.265 e. The number of nitrogens with one attached hydrogen (secondary N) is 1. The summed E-state index contributed by atoms with van der Waals surface area (Å²) in [7, 11) is 0. The molecule has 3 rings (SSSR count). The highest BCUT2D eigenvalue weighted by Gasteiger charge is 2.12. The number of allylic oxidation sites excluding steroid dienone is 1. The van der Waals surface area contributed by atoms with Crippen LogP contribution in [0.4, 0.5) is 10.1 Å². The number of hydrogen-bond acceptors (Lipinski definition) is 3. The van der Waals surface area contributed by atoms with Gasteiger partial charge in [-0.05, 0) is 49.1 Å². The molecule has 5 heteroatoms. The molecule has 0 radical (unpaired) electrons. The van der Waals surface area contributed by atoms with Gasteiger partial charge >= 0.3 is 0 Å². The minimum atomic E-state index is -0.449. The molecule has 0 bridgehead atoms. The predicted octanol–water partition coefficient (Wildman–Crippen LogP) is 6.06. The molecule has 0 unspecified atom stereocenters. The van der Waals surface area contributed by atoms with Crippen molar-refractivity contribution in [2.45, 2.75) is 20.5 Å². The number of carbonyl (C=O) groups excluding carboxylic acids is 1. The number of carbonyl (C=O) groups is 1. The van der Waals surface area contributed by atoms with Gasteiger partial charge in [0.25, 0.3) is 5.91 Å². The van der Waals surface area contributed by atoms with Crippen LogP contribution in [0.25, 0.3) is 6.08 Å². The second kappa shape index (κ2) is 8.64. The van der Waals surface area contributed by atoms with Gasteiger partial charge in [-0.25, -0.2) is 4.39 Å². The highest BCUT2D eigenvalue weighted by Crippen LogP contribution is 2.23. The van der Waals surface area contributed by atoms with E-state index in [4.69, 9.17) is 4.74 Å². The lowest BCUT2D eigenvalue weighted by molar-refractivity contribution is 0.103. The standard InChI is InChI=1S/C22H20FNO2S/c1-3-6-17-7-4-5-8-20(17)26-13-16-12-21(27-14-16)22(25)24-19-11-15(2)9-10-18(19)23/h3-12,14H,13H2,1-2H3,(H,24,25)/b6-3+. The van der Waals surface area contributed by atoms with Crippen LogP contribution in [0.3, 0.4) is 0 Å². The lowest BCUT2D eigenvalue weighted by Gasteiger charge is -2.08. The number of ether oxygens (including phenoxy) is 1. The molecule has 2 aromatic carbocycles. The van der Waals surface area contributed by atoms with Gasteiger partial charge in [0.1, 0.15) is 18.2 Å². The fourth-order valence-electron chi connectivity index (χ4n) is 2.58. The molecule has 138 valence electrons. The number of benzene rings is 2. The summed E-state index contributed by atoms with van der Waals surface area (Å²) >= 11 is 1.31. The zero-order chi connectivity index (χ0) is 19.2. The third-order valence-electron chi connectivity index (χ3n) is 3.91. The zero-order valence-electron chi connectivity index (χ0n) is 15.2. The molecule has 0 aliphatic heterocycles. The molecule has 0 atom stereocenters. The highest BCUT2D eigenvalue weighted by atomic mass is 32.1. The Labute approximate surface area is 162 Å². The first-order chi connectivity index (χ1) is 13.1. The van der Waals surface area contributed by atoms with E-state index in [2.05, 4.69) is 5.32 Å². The molecule has 0 fully saturated rings. The van der Waals surface area contributed by atoms with E-state index in [0.717, 1.165) is 22.4 Å². The van der Waals surface area contributed by atoms with E-state index in [1.54, 1.807) is 18.2 Å². The molecular weight excluding hydrogens is 361 g/mol. The molecule has 0 saturated heterocycles. The van der Waals surface area contributed by atoms with Crippen molar-refractivity contribution in [3.63, 3.8) is 0 Å². The number of amides is 1. The van der Waals surface area contributed by atoms with Gasteiger partial charge < -0.3 is 10.1 Å². The first kappa shape index (κ1) is 18.9. The van der Waals surface area contributed by atoms with Gasteiger partial charge in [-0.2, -0.15) is 0 Å². The molecule has 1 aromatic heterocycles. The SMILES string of the molecule is C/C=C/c1ccccc1OCc1csc(C(=O)Nc2cc(C)ccc2F)c1. The van der Waals surface area contributed by atoms with Gasteiger partial charge in [-0.1, -0.05) is 36.4 Å². The summed E-state index contributed by atoms with van der Waals surface area (Å²) in [6.45, 7) is 4.16. The van der Waals surface area contributed by atoms with Crippen molar-refractivity contribution in [1.82, 2.24) is 0 Å². The highest BCUT2D eigenvalue weighted by molar-refractivity contribution is 7.12. The molecule has 0 aliphatic rings. The van der Waals surface area contributed by atoms with Crippen LogP contribution >= 0.6 is 11.3 Å². The van der Waals surface area contributed by atoms with Gasteiger partial charge in [0, 0.05) is 11.1 Å². The molecular formula is C22H20FNO2S. The van der Waals surface area contributed by atoms with Gasteiger partial charge in [0.2, 0.25) is 0 Å². The first-order valence-electron chi connectivity index (χ1n) is 8.56. The summed E-state index contributed by atoms with van der Waals surface area (Å²) in [5.41, 5.74) is 2.96. The Morgan fingerprint density at radius 3 is 2.85 bits per heavy atom. The van der Waals surface area contributed by atoms with Gasteiger partial charge in [0.15, 0.2) is 0 Å². The number of para-hydroxylation sites is 1. The average molecular weight is 381 g/mol. The van der Waals surface area contributed by atoms with Crippen LogP contribution in [-0.4, -0.2) is 5.91 Å². The minimum absolute atomic E-state index is 0.187. The van der Waals surface area contributed by atoms with Crippen LogP contribution < -0.4 is 10.1 Å². The summed E-state index contributed by atoms with van der Waals surface area (Å²) in [4.78, 5) is 12.9. The van der Waals surface area contributed by atoms with Crippen LogP contribution in [0.2, 0.25) is 0 Å². The Bertz CT molecular complexity index is 978. The lowest BCUT2D eigenvalue weighted by atomic mass is 10.2. The summed E-state index contributed by atoms with van der Waals surface area (Å²) < 4.78 is 19.7. The fourth-order valence-corrected chi connectivity index (χ4v) is 3.37. The van der Waals surface area contributed by atoms with Crippen molar-refractivity contribution >= 4 is 29.0 Å². The Morgan fingerprint density at radius 1 is 1.22 bits per heavy atom. The number of rotatable bonds is 6. The molecule has 0 saturated carbocycles. The molecule has 0 spiro atoms. The summed E-state index contributed by atoms with van der Waals surface area (Å²) in [6, 6.07) is 14.2. The van der Waals surface area contributed by atoms with Gasteiger partial charge in [0.05, 0.1) is 10.6 Å². The van der Waals surface area contributed by atoms with Crippen molar-refractivity contribution in [1.29, 1.82) is 0 Å². The van der Waals surface area contributed by atoms with E-state index in [1.807, 2.05) is 55.6 Å². The van der Waals surface area contributed by atoms with Crippen LogP contribution in [0.15, 0.2) is 60.0 Å². The van der Waals surface area contributed by atoms with Crippen LogP contribution in [0.5, 0.6) is 5.75 Å². The van der Waals surface area contributed by atoms with Crippen molar-refractivity contribution in [3.05, 3.63) is 87.4 Å². The van der Waals surface area contributed by atoms with E-state index in [0.29, 0.717) is 11.5 Å². The second-order valence-electron chi connectivity index (χ2n) is 6.08. The van der Waals surface area contributed by atoms with E-state index in [1.165, 1.54) is 17.4 Å². The number of hydrogen-bond donors (Lipinski definition) is 1. The van der Waals surface area contributed by atoms with E-state index < -0.39 is 5.82 Å². The largest absolute Gasteiger partial charge is 0.488 e. The fraction of sp³-hybridized carbons (Fsp3) is 0.136. The van der Waals surface area contributed by atoms with E-state index in [9.17, 15) is 9.18 Å². The van der Waals surface area contributed by atoms with Crippen molar-refractivity contribution < 1.29 is 13.9 Å². The molecule has 1 heterocycles. The Balaban J connectivity index is 1.66. The number of thiophene rings is 1. The van der Waals surface area contributed by atoms with Gasteiger partial charge in [-0.15, -0.1) is 11.3 Å². The quantitative estimate of drug-likeness (QED) is 0.563. The van der Waals surface area contributed by atoms with Crippen molar-refractivity contribution in [2.75, 3.05) is 5.32 Å². The number of aryl methyl sites for hydroxylation is 1. The molecule has 3 aromatic rings. The zero-order valence-corrected chi connectivity index (χ0v) is 16.0. The summed E-state index contributed by atoms with van der Waals surface area (Å²) in [6.07, 6.45) is 3.94. The van der Waals surface area contributed by atoms with E-state index in [-0.39, 0.29) is 11.6 Å². The first-order valence-corrected chi connectivity index (χ1v) is 9.44. The number of halogens is 1. The summed E-state index contributed by atoms with van der Waals surface area (Å²) in [5.74, 6) is 0.00866. The Kier molecular flexibility index (Phi) is 6.04. The Hall–Kier alpha value is -2.92. The number of anilines is 1. The van der Waals surface area contributed by atoms with E-state index >= 15 is 0 Å². The molecule has 1 N–H and O–H groups in total.